The maximum Gasteiger partial charge on any atom is 0.239 e. The third-order valence-corrected chi connectivity index (χ3v) is 3.27. The molecule has 1 saturated heterocycles. The molecule has 1 rings (SSSR count). The molecule has 1 heterocycles. The van der Waals surface area contributed by atoms with Crippen LogP contribution in [0.2, 0.25) is 0 Å². The fraction of sp³-hybridized carbons (Fsp3) is 0.923. The topological polar surface area (TPSA) is 52.6 Å². The first-order valence-electron chi connectivity index (χ1n) is 6.73. The highest BCUT2D eigenvalue weighted by molar-refractivity contribution is 5.81. The predicted octanol–water partition coefficient (Wildman–Crippen LogP) is 1.14. The quantitative estimate of drug-likeness (QED) is 0.760. The number of aliphatic hydroxyl groups excluding tert-OH is 1. The molecule has 17 heavy (non-hydrogen) atoms. The van der Waals surface area contributed by atoms with Gasteiger partial charge in [0, 0.05) is 19.1 Å². The number of hydrogen-bond acceptors (Lipinski definition) is 3. The molecule has 1 fully saturated rings. The predicted molar refractivity (Wildman–Crippen MR) is 68.8 cm³/mol. The number of hydrogen-bond donors (Lipinski definition) is 2. The summed E-state index contributed by atoms with van der Waals surface area (Å²) < 4.78 is 0. The van der Waals surface area contributed by atoms with Crippen molar-refractivity contribution in [3.63, 3.8) is 0 Å². The second kappa shape index (κ2) is 6.97. The van der Waals surface area contributed by atoms with Crippen molar-refractivity contribution in [1.29, 1.82) is 0 Å². The van der Waals surface area contributed by atoms with Crippen LogP contribution in [0.25, 0.3) is 0 Å². The van der Waals surface area contributed by atoms with Crippen molar-refractivity contribution in [2.24, 2.45) is 0 Å². The summed E-state index contributed by atoms with van der Waals surface area (Å²) in [5.74, 6) is 0.196. The standard InChI is InChI=1S/C13H26N2O2/c1-10(9-11(2)16)14-12(3)13(17)15-7-5-4-6-8-15/h10-12,14,16H,4-9H2,1-3H3. The van der Waals surface area contributed by atoms with E-state index in [-0.39, 0.29) is 24.1 Å². The third kappa shape index (κ3) is 5.04. The molecular weight excluding hydrogens is 216 g/mol. The van der Waals surface area contributed by atoms with Gasteiger partial charge < -0.3 is 15.3 Å². The van der Waals surface area contributed by atoms with E-state index in [9.17, 15) is 9.90 Å². The minimum absolute atomic E-state index is 0.151. The molecule has 0 aromatic rings. The van der Waals surface area contributed by atoms with Crippen LogP contribution >= 0.6 is 0 Å². The van der Waals surface area contributed by atoms with E-state index >= 15 is 0 Å². The number of carbonyl (C=O) groups excluding carboxylic acids is 1. The summed E-state index contributed by atoms with van der Waals surface area (Å²) in [7, 11) is 0. The van der Waals surface area contributed by atoms with E-state index in [1.807, 2.05) is 18.7 Å². The Kier molecular flexibility index (Phi) is 5.92. The van der Waals surface area contributed by atoms with Crippen LogP contribution in [0.1, 0.15) is 46.5 Å². The summed E-state index contributed by atoms with van der Waals surface area (Å²) in [4.78, 5) is 14.1. The zero-order chi connectivity index (χ0) is 12.8. The summed E-state index contributed by atoms with van der Waals surface area (Å²) in [5, 5.41) is 12.5. The van der Waals surface area contributed by atoms with Crippen LogP contribution in [0, 0.1) is 0 Å². The smallest absolute Gasteiger partial charge is 0.239 e. The summed E-state index contributed by atoms with van der Waals surface area (Å²) in [6.07, 6.45) is 3.85. The van der Waals surface area contributed by atoms with E-state index < -0.39 is 0 Å². The highest BCUT2D eigenvalue weighted by Gasteiger charge is 2.23. The normalized spacial score (nSPS) is 22.0. The molecule has 3 atom stereocenters. The molecule has 100 valence electrons. The zero-order valence-electron chi connectivity index (χ0n) is 11.3. The van der Waals surface area contributed by atoms with Crippen LogP contribution in [0.4, 0.5) is 0 Å². The van der Waals surface area contributed by atoms with Crippen LogP contribution in [0.5, 0.6) is 0 Å². The molecule has 0 aromatic heterocycles. The Bertz CT molecular complexity index is 238. The first-order valence-corrected chi connectivity index (χ1v) is 6.73. The fourth-order valence-corrected chi connectivity index (χ4v) is 2.47. The van der Waals surface area contributed by atoms with Gasteiger partial charge in [-0.2, -0.15) is 0 Å². The molecule has 1 amide bonds. The van der Waals surface area contributed by atoms with Crippen LogP contribution in [0.3, 0.4) is 0 Å². The average Bonchev–Trinajstić information content (AvgIpc) is 2.28. The van der Waals surface area contributed by atoms with E-state index in [4.69, 9.17) is 0 Å². The second-order valence-electron chi connectivity index (χ2n) is 5.26. The largest absolute Gasteiger partial charge is 0.393 e. The van der Waals surface area contributed by atoms with Gasteiger partial charge in [0.2, 0.25) is 5.91 Å². The SMILES string of the molecule is CC(O)CC(C)NC(C)C(=O)N1CCCCC1. The summed E-state index contributed by atoms with van der Waals surface area (Å²) in [6.45, 7) is 7.49. The van der Waals surface area contributed by atoms with E-state index in [2.05, 4.69) is 5.32 Å². The molecule has 0 saturated carbocycles. The summed E-state index contributed by atoms with van der Waals surface area (Å²) >= 11 is 0. The lowest BCUT2D eigenvalue weighted by Gasteiger charge is -2.30. The first-order chi connectivity index (χ1) is 8.00. The summed E-state index contributed by atoms with van der Waals surface area (Å²) in [6, 6.07) is 0.0144. The average molecular weight is 242 g/mol. The summed E-state index contributed by atoms with van der Waals surface area (Å²) in [5.41, 5.74) is 0. The minimum Gasteiger partial charge on any atom is -0.393 e. The van der Waals surface area contributed by atoms with Crippen molar-refractivity contribution in [1.82, 2.24) is 10.2 Å². The van der Waals surface area contributed by atoms with Gasteiger partial charge in [0.25, 0.3) is 0 Å². The number of carbonyl (C=O) groups is 1. The first kappa shape index (κ1) is 14.5. The molecule has 4 heteroatoms. The highest BCUT2D eigenvalue weighted by atomic mass is 16.3. The second-order valence-corrected chi connectivity index (χ2v) is 5.26. The van der Waals surface area contributed by atoms with Gasteiger partial charge in [-0.15, -0.1) is 0 Å². The number of likely N-dealkylation sites (tertiary alicyclic amines) is 1. The van der Waals surface area contributed by atoms with E-state index in [0.717, 1.165) is 25.9 Å². The number of piperidine rings is 1. The van der Waals surface area contributed by atoms with Crippen molar-refractivity contribution >= 4 is 5.91 Å². The van der Waals surface area contributed by atoms with Crippen LogP contribution in [0.15, 0.2) is 0 Å². The van der Waals surface area contributed by atoms with Gasteiger partial charge in [-0.3, -0.25) is 4.79 Å². The Balaban J connectivity index is 2.35. The fourth-order valence-electron chi connectivity index (χ4n) is 2.47. The van der Waals surface area contributed by atoms with Crippen LogP contribution < -0.4 is 5.32 Å². The number of rotatable bonds is 5. The minimum atomic E-state index is -0.324. The third-order valence-electron chi connectivity index (χ3n) is 3.27. The number of amides is 1. The van der Waals surface area contributed by atoms with Gasteiger partial charge in [-0.25, -0.2) is 0 Å². The lowest BCUT2D eigenvalue weighted by atomic mass is 10.1. The van der Waals surface area contributed by atoms with Crippen LogP contribution in [-0.4, -0.2) is 47.2 Å². The molecular formula is C13H26N2O2. The molecule has 2 N–H and O–H groups in total. The molecule has 0 bridgehead atoms. The monoisotopic (exact) mass is 242 g/mol. The van der Waals surface area contributed by atoms with Crippen molar-refractivity contribution < 1.29 is 9.90 Å². The maximum absolute atomic E-state index is 12.1. The van der Waals surface area contributed by atoms with Crippen molar-refractivity contribution in [3.05, 3.63) is 0 Å². The number of nitrogens with zero attached hydrogens (tertiary/aromatic N) is 1. The van der Waals surface area contributed by atoms with Gasteiger partial charge in [0.15, 0.2) is 0 Å². The number of nitrogens with one attached hydrogen (secondary N) is 1. The highest BCUT2D eigenvalue weighted by Crippen LogP contribution is 2.10. The Labute approximate surface area is 104 Å². The van der Waals surface area contributed by atoms with Gasteiger partial charge in [0.1, 0.15) is 0 Å². The zero-order valence-corrected chi connectivity index (χ0v) is 11.3. The molecule has 0 radical (unpaired) electrons. The van der Waals surface area contributed by atoms with E-state index in [0.29, 0.717) is 6.42 Å². The van der Waals surface area contributed by atoms with E-state index in [1.165, 1.54) is 6.42 Å². The van der Waals surface area contributed by atoms with Gasteiger partial charge in [-0.1, -0.05) is 0 Å². The van der Waals surface area contributed by atoms with Crippen molar-refractivity contribution in [3.8, 4) is 0 Å². The van der Waals surface area contributed by atoms with Gasteiger partial charge >= 0.3 is 0 Å². The lowest BCUT2D eigenvalue weighted by molar-refractivity contribution is -0.134. The molecule has 4 nitrogen and oxygen atoms in total. The Morgan fingerprint density at radius 3 is 2.35 bits per heavy atom. The molecule has 0 aromatic carbocycles. The number of aliphatic hydroxyl groups is 1. The molecule has 1 aliphatic heterocycles. The van der Waals surface area contributed by atoms with Crippen molar-refractivity contribution in [2.75, 3.05) is 13.1 Å². The Morgan fingerprint density at radius 1 is 1.24 bits per heavy atom. The molecule has 0 aliphatic carbocycles. The Morgan fingerprint density at radius 2 is 1.82 bits per heavy atom. The molecule has 0 spiro atoms. The Hall–Kier alpha value is -0.610. The van der Waals surface area contributed by atoms with E-state index in [1.54, 1.807) is 6.92 Å². The molecule has 1 aliphatic rings. The maximum atomic E-state index is 12.1. The lowest BCUT2D eigenvalue weighted by Crippen LogP contribution is -2.49. The van der Waals surface area contributed by atoms with Gasteiger partial charge in [0.05, 0.1) is 12.1 Å². The van der Waals surface area contributed by atoms with Crippen molar-refractivity contribution in [2.45, 2.75) is 64.6 Å². The molecule has 3 unspecified atom stereocenters. The van der Waals surface area contributed by atoms with Gasteiger partial charge in [-0.05, 0) is 46.5 Å². The van der Waals surface area contributed by atoms with Crippen LogP contribution in [-0.2, 0) is 4.79 Å².